The fourth-order valence-electron chi connectivity index (χ4n) is 2.96. The second-order valence-electron chi connectivity index (χ2n) is 5.62. The summed E-state index contributed by atoms with van der Waals surface area (Å²) in [5.41, 5.74) is 6.79. The number of guanidine groups is 1. The summed E-state index contributed by atoms with van der Waals surface area (Å²) >= 11 is 0. The Morgan fingerprint density at radius 1 is 1.47 bits per heavy atom. The first kappa shape index (κ1) is 12.5. The van der Waals surface area contributed by atoms with Crippen molar-refractivity contribution in [3.8, 4) is 0 Å². The van der Waals surface area contributed by atoms with Gasteiger partial charge in [0.1, 0.15) is 5.82 Å². The number of halogens is 1. The van der Waals surface area contributed by atoms with Crippen LogP contribution < -0.4 is 5.73 Å². The van der Waals surface area contributed by atoms with Crippen LogP contribution >= 0.6 is 0 Å². The number of hydrogen-bond acceptors (Lipinski definition) is 3. The molecule has 1 aromatic rings. The fourth-order valence-corrected chi connectivity index (χ4v) is 2.96. The van der Waals surface area contributed by atoms with Crippen LogP contribution in [0.4, 0.5) is 4.39 Å². The van der Waals surface area contributed by atoms with Gasteiger partial charge in [-0.2, -0.15) is 0 Å². The number of nitrogens with two attached hydrogens (primary N) is 1. The molecule has 1 aliphatic heterocycles. The third-order valence-corrected chi connectivity index (χ3v) is 4.38. The van der Waals surface area contributed by atoms with Crippen molar-refractivity contribution in [2.75, 3.05) is 13.1 Å². The van der Waals surface area contributed by atoms with Crippen molar-refractivity contribution in [1.82, 2.24) is 4.90 Å². The fraction of sp³-hybridized carbons (Fsp3) is 0.533. The van der Waals surface area contributed by atoms with Gasteiger partial charge < -0.3 is 10.6 Å². The maximum absolute atomic E-state index is 13.5. The first-order valence-electron chi connectivity index (χ1n) is 6.99. The summed E-state index contributed by atoms with van der Waals surface area (Å²) in [6.45, 7) is 3.70. The Kier molecular flexibility index (Phi) is 2.96. The van der Waals surface area contributed by atoms with Gasteiger partial charge in [-0.15, -0.1) is 0 Å². The first-order valence-corrected chi connectivity index (χ1v) is 6.99. The molecule has 1 fully saturated rings. The van der Waals surface area contributed by atoms with E-state index in [1.54, 1.807) is 12.1 Å². The SMILES string of the molecule is CCC1(c2cccc(F)c2)CN=C(N)N1CC1CC1. The summed E-state index contributed by atoms with van der Waals surface area (Å²) in [5, 5.41) is 0. The predicted octanol–water partition coefficient (Wildman–Crippen LogP) is 2.47. The van der Waals surface area contributed by atoms with Crippen molar-refractivity contribution in [1.29, 1.82) is 0 Å². The molecule has 0 spiro atoms. The molecule has 1 aliphatic carbocycles. The lowest BCUT2D eigenvalue weighted by Crippen LogP contribution is -2.50. The molecule has 1 saturated carbocycles. The molecule has 2 N–H and O–H groups in total. The van der Waals surface area contributed by atoms with Gasteiger partial charge in [0, 0.05) is 6.54 Å². The lowest BCUT2D eigenvalue weighted by molar-refractivity contribution is 0.186. The van der Waals surface area contributed by atoms with Gasteiger partial charge in [0.15, 0.2) is 5.96 Å². The second-order valence-corrected chi connectivity index (χ2v) is 5.62. The normalized spacial score (nSPS) is 26.6. The summed E-state index contributed by atoms with van der Waals surface area (Å²) < 4.78 is 13.5. The number of aliphatic imine (C=N–C) groups is 1. The highest BCUT2D eigenvalue weighted by Crippen LogP contribution is 2.40. The molecule has 0 bridgehead atoms. The third kappa shape index (κ3) is 2.09. The van der Waals surface area contributed by atoms with Gasteiger partial charge in [-0.05, 0) is 42.9 Å². The van der Waals surface area contributed by atoms with Crippen molar-refractivity contribution in [2.24, 2.45) is 16.6 Å². The second kappa shape index (κ2) is 4.51. The van der Waals surface area contributed by atoms with Crippen LogP contribution in [0.3, 0.4) is 0 Å². The average molecular weight is 261 g/mol. The van der Waals surface area contributed by atoms with Crippen LogP contribution in [0.1, 0.15) is 31.7 Å². The molecule has 2 aliphatic rings. The standard InChI is InChI=1S/C15H20FN3/c1-2-15(12-4-3-5-13(16)8-12)10-18-14(17)19(15)9-11-6-7-11/h3-5,8,11H,2,6-7,9-10H2,1H3,(H2,17,18). The zero-order valence-electron chi connectivity index (χ0n) is 11.3. The lowest BCUT2D eigenvalue weighted by atomic mass is 9.86. The van der Waals surface area contributed by atoms with E-state index in [1.807, 2.05) is 6.07 Å². The van der Waals surface area contributed by atoms with Gasteiger partial charge in [-0.1, -0.05) is 19.1 Å². The minimum atomic E-state index is -0.255. The molecule has 1 heterocycles. The molecular formula is C15H20FN3. The minimum Gasteiger partial charge on any atom is -0.370 e. The highest BCUT2D eigenvalue weighted by molar-refractivity contribution is 5.81. The van der Waals surface area contributed by atoms with E-state index in [9.17, 15) is 4.39 Å². The van der Waals surface area contributed by atoms with E-state index < -0.39 is 0 Å². The summed E-state index contributed by atoms with van der Waals surface area (Å²) in [7, 11) is 0. The summed E-state index contributed by atoms with van der Waals surface area (Å²) in [5.74, 6) is 1.14. The van der Waals surface area contributed by atoms with Crippen LogP contribution in [-0.4, -0.2) is 23.9 Å². The maximum Gasteiger partial charge on any atom is 0.192 e. The zero-order chi connectivity index (χ0) is 13.5. The van der Waals surface area contributed by atoms with Crippen molar-refractivity contribution < 1.29 is 4.39 Å². The predicted molar refractivity (Wildman–Crippen MR) is 74.3 cm³/mol. The molecule has 3 nitrogen and oxygen atoms in total. The van der Waals surface area contributed by atoms with Crippen LogP contribution in [0, 0.1) is 11.7 Å². The number of hydrogen-bond donors (Lipinski definition) is 1. The van der Waals surface area contributed by atoms with Crippen molar-refractivity contribution in [3.05, 3.63) is 35.6 Å². The van der Waals surface area contributed by atoms with E-state index >= 15 is 0 Å². The quantitative estimate of drug-likeness (QED) is 0.904. The first-order chi connectivity index (χ1) is 9.15. The monoisotopic (exact) mass is 261 g/mol. The molecule has 0 saturated heterocycles. The third-order valence-electron chi connectivity index (χ3n) is 4.38. The molecule has 4 heteroatoms. The van der Waals surface area contributed by atoms with Gasteiger partial charge in [0.25, 0.3) is 0 Å². The Hall–Kier alpha value is -1.58. The summed E-state index contributed by atoms with van der Waals surface area (Å²) in [6, 6.07) is 6.86. The molecule has 0 aromatic heterocycles. The van der Waals surface area contributed by atoms with Gasteiger partial charge >= 0.3 is 0 Å². The minimum absolute atomic E-state index is 0.192. The lowest BCUT2D eigenvalue weighted by Gasteiger charge is -2.39. The number of rotatable bonds is 4. The van der Waals surface area contributed by atoms with Crippen LogP contribution in [0.2, 0.25) is 0 Å². The van der Waals surface area contributed by atoms with E-state index in [0.717, 1.165) is 24.4 Å². The number of benzene rings is 1. The van der Waals surface area contributed by atoms with E-state index in [-0.39, 0.29) is 11.4 Å². The molecule has 102 valence electrons. The molecule has 1 atom stereocenters. The Bertz CT molecular complexity index is 510. The van der Waals surface area contributed by atoms with Gasteiger partial charge in [-0.25, -0.2) is 4.39 Å². The molecule has 1 aromatic carbocycles. The Morgan fingerprint density at radius 3 is 2.89 bits per heavy atom. The molecule has 1 unspecified atom stereocenters. The van der Waals surface area contributed by atoms with Crippen molar-refractivity contribution >= 4 is 5.96 Å². The molecule has 19 heavy (non-hydrogen) atoms. The van der Waals surface area contributed by atoms with Gasteiger partial charge in [0.2, 0.25) is 0 Å². The Morgan fingerprint density at radius 2 is 2.26 bits per heavy atom. The summed E-state index contributed by atoms with van der Waals surface area (Å²) in [4.78, 5) is 6.62. The summed E-state index contributed by atoms with van der Waals surface area (Å²) in [6.07, 6.45) is 3.42. The van der Waals surface area contributed by atoms with E-state index in [1.165, 1.54) is 18.9 Å². The van der Waals surface area contributed by atoms with Crippen LogP contribution in [-0.2, 0) is 5.54 Å². The van der Waals surface area contributed by atoms with Gasteiger partial charge in [-0.3, -0.25) is 4.99 Å². The molecule has 0 amide bonds. The topological polar surface area (TPSA) is 41.6 Å². The van der Waals surface area contributed by atoms with Crippen LogP contribution in [0.15, 0.2) is 29.3 Å². The Labute approximate surface area is 113 Å². The highest BCUT2D eigenvalue weighted by atomic mass is 19.1. The smallest absolute Gasteiger partial charge is 0.192 e. The highest BCUT2D eigenvalue weighted by Gasteiger charge is 2.44. The number of nitrogens with zero attached hydrogens (tertiary/aromatic N) is 2. The zero-order valence-corrected chi connectivity index (χ0v) is 11.3. The van der Waals surface area contributed by atoms with Gasteiger partial charge in [0.05, 0.1) is 12.1 Å². The van der Waals surface area contributed by atoms with Crippen LogP contribution in [0.5, 0.6) is 0 Å². The van der Waals surface area contributed by atoms with E-state index in [0.29, 0.717) is 12.5 Å². The van der Waals surface area contributed by atoms with E-state index in [2.05, 4.69) is 16.8 Å². The Balaban J connectivity index is 1.97. The average Bonchev–Trinajstić information content (AvgIpc) is 3.16. The van der Waals surface area contributed by atoms with E-state index in [4.69, 9.17) is 5.73 Å². The van der Waals surface area contributed by atoms with Crippen molar-refractivity contribution in [3.63, 3.8) is 0 Å². The van der Waals surface area contributed by atoms with Crippen LogP contribution in [0.25, 0.3) is 0 Å². The maximum atomic E-state index is 13.5. The largest absolute Gasteiger partial charge is 0.370 e. The molecule has 0 radical (unpaired) electrons. The van der Waals surface area contributed by atoms with Crippen molar-refractivity contribution in [2.45, 2.75) is 31.7 Å². The molecular weight excluding hydrogens is 241 g/mol. The molecule has 3 rings (SSSR count).